The first kappa shape index (κ1) is 19.7. The number of hydrogen-bond donors (Lipinski definition) is 2. The summed E-state index contributed by atoms with van der Waals surface area (Å²) in [6, 6.07) is 16.6. The summed E-state index contributed by atoms with van der Waals surface area (Å²) in [6.45, 7) is 0. The Kier molecular flexibility index (Phi) is 5.27. The Morgan fingerprint density at radius 3 is 2.67 bits per heavy atom. The van der Waals surface area contributed by atoms with Gasteiger partial charge in [0, 0.05) is 29.8 Å². The van der Waals surface area contributed by atoms with Gasteiger partial charge in [0.25, 0.3) is 0 Å². The van der Waals surface area contributed by atoms with Crippen LogP contribution in [0.3, 0.4) is 0 Å². The number of aryl methyl sites for hydroxylation is 1. The Hall–Kier alpha value is -3.61. The molecule has 4 aromatic rings. The Morgan fingerprint density at radius 2 is 1.83 bits per heavy atom. The van der Waals surface area contributed by atoms with Crippen LogP contribution in [-0.2, 0) is 17.4 Å². The summed E-state index contributed by atoms with van der Waals surface area (Å²) in [7, 11) is 0. The molecule has 2 heterocycles. The zero-order valence-corrected chi connectivity index (χ0v) is 15.8. The Morgan fingerprint density at radius 1 is 1.00 bits per heavy atom. The van der Waals surface area contributed by atoms with Crippen LogP contribution in [0, 0.1) is 0 Å². The van der Waals surface area contributed by atoms with E-state index in [-0.39, 0.29) is 12.1 Å². The van der Waals surface area contributed by atoms with Crippen molar-refractivity contribution in [1.82, 2.24) is 9.97 Å². The Balaban J connectivity index is 1.44. The van der Waals surface area contributed by atoms with Crippen LogP contribution >= 0.6 is 0 Å². The molecule has 1 amide bonds. The minimum Gasteiger partial charge on any atom is -0.346 e. The third-order valence-corrected chi connectivity index (χ3v) is 4.81. The van der Waals surface area contributed by atoms with Gasteiger partial charge in [0.1, 0.15) is 5.65 Å². The number of aromatic amines is 1. The maximum absolute atomic E-state index is 13.1. The first-order valence-electron chi connectivity index (χ1n) is 9.39. The average Bonchev–Trinajstić information content (AvgIpc) is 3.20. The van der Waals surface area contributed by atoms with Gasteiger partial charge in [0.2, 0.25) is 5.91 Å². The molecule has 4 nitrogen and oxygen atoms in total. The molecule has 2 aromatic heterocycles. The fourth-order valence-electron chi connectivity index (χ4n) is 3.31. The fraction of sp³-hybridized carbons (Fsp3) is 0.130. The molecule has 2 aromatic carbocycles. The second-order valence-corrected chi connectivity index (χ2v) is 6.93. The molecule has 0 unspecified atom stereocenters. The summed E-state index contributed by atoms with van der Waals surface area (Å²) in [5.74, 6) is -0.465. The molecule has 2 N–H and O–H groups in total. The van der Waals surface area contributed by atoms with E-state index in [1.165, 1.54) is 18.2 Å². The summed E-state index contributed by atoms with van der Waals surface area (Å²) >= 11 is 0. The number of aromatic nitrogens is 2. The smallest absolute Gasteiger partial charge is 0.346 e. The lowest BCUT2D eigenvalue weighted by Gasteiger charge is -2.13. The van der Waals surface area contributed by atoms with Gasteiger partial charge in [-0.25, -0.2) is 4.98 Å². The number of H-pyrrole nitrogens is 1. The molecule has 0 spiro atoms. The molecule has 0 radical (unpaired) electrons. The molecule has 4 rings (SSSR count). The highest BCUT2D eigenvalue weighted by Crippen LogP contribution is 2.34. The van der Waals surface area contributed by atoms with E-state index in [1.807, 2.05) is 42.6 Å². The summed E-state index contributed by atoms with van der Waals surface area (Å²) < 4.78 is 39.2. The van der Waals surface area contributed by atoms with Crippen molar-refractivity contribution in [3.63, 3.8) is 0 Å². The molecule has 0 saturated heterocycles. The number of para-hydroxylation sites is 1. The van der Waals surface area contributed by atoms with E-state index in [0.717, 1.165) is 33.8 Å². The molecule has 0 saturated carbocycles. The van der Waals surface area contributed by atoms with Crippen molar-refractivity contribution in [2.75, 3.05) is 5.32 Å². The van der Waals surface area contributed by atoms with Gasteiger partial charge in [0.05, 0.1) is 11.3 Å². The van der Waals surface area contributed by atoms with Crippen molar-refractivity contribution in [2.24, 2.45) is 0 Å². The van der Waals surface area contributed by atoms with E-state index >= 15 is 0 Å². The van der Waals surface area contributed by atoms with Crippen molar-refractivity contribution in [1.29, 1.82) is 0 Å². The highest BCUT2D eigenvalue weighted by Gasteiger charge is 2.33. The van der Waals surface area contributed by atoms with Crippen molar-refractivity contribution in [3.05, 3.63) is 84.2 Å². The van der Waals surface area contributed by atoms with Crippen LogP contribution in [0.4, 0.5) is 18.9 Å². The second-order valence-electron chi connectivity index (χ2n) is 6.93. The summed E-state index contributed by atoms with van der Waals surface area (Å²) in [6.07, 6.45) is -0.433. The van der Waals surface area contributed by atoms with Gasteiger partial charge in [0.15, 0.2) is 0 Å². The third-order valence-electron chi connectivity index (χ3n) is 4.81. The van der Waals surface area contributed by atoms with Crippen molar-refractivity contribution in [3.8, 4) is 11.1 Å². The molecule has 0 aliphatic rings. The summed E-state index contributed by atoms with van der Waals surface area (Å²) in [5.41, 5.74) is 2.56. The number of amides is 1. The zero-order valence-electron chi connectivity index (χ0n) is 15.8. The highest BCUT2D eigenvalue weighted by atomic mass is 19.4. The van der Waals surface area contributed by atoms with Gasteiger partial charge in [-0.3, -0.25) is 4.79 Å². The van der Waals surface area contributed by atoms with Crippen molar-refractivity contribution in [2.45, 2.75) is 19.0 Å². The number of pyridine rings is 1. The van der Waals surface area contributed by atoms with E-state index in [0.29, 0.717) is 6.42 Å². The number of carbonyl (C=O) groups excluding carboxylic acids is 1. The molecule has 7 heteroatoms. The minimum atomic E-state index is -4.52. The summed E-state index contributed by atoms with van der Waals surface area (Å²) in [5, 5.41) is 3.38. The van der Waals surface area contributed by atoms with Crippen LogP contribution in [-0.4, -0.2) is 15.9 Å². The Labute approximate surface area is 170 Å². The maximum Gasteiger partial charge on any atom is 0.418 e. The van der Waals surface area contributed by atoms with Gasteiger partial charge < -0.3 is 10.3 Å². The molecule has 152 valence electrons. The number of benzene rings is 2. The van der Waals surface area contributed by atoms with Gasteiger partial charge in [-0.2, -0.15) is 13.2 Å². The van der Waals surface area contributed by atoms with Crippen LogP contribution in [0.25, 0.3) is 22.2 Å². The second kappa shape index (κ2) is 8.02. The van der Waals surface area contributed by atoms with Gasteiger partial charge >= 0.3 is 6.18 Å². The first-order valence-corrected chi connectivity index (χ1v) is 9.39. The topological polar surface area (TPSA) is 57.8 Å². The van der Waals surface area contributed by atoms with Crippen LogP contribution < -0.4 is 5.32 Å². The lowest BCUT2D eigenvalue weighted by Crippen LogP contribution is -2.16. The molecular weight excluding hydrogens is 391 g/mol. The molecular formula is C23H18F3N3O. The molecule has 0 fully saturated rings. The number of nitrogens with zero attached hydrogens (tertiary/aromatic N) is 1. The van der Waals surface area contributed by atoms with E-state index in [9.17, 15) is 18.0 Å². The highest BCUT2D eigenvalue weighted by molar-refractivity contribution is 5.91. The lowest BCUT2D eigenvalue weighted by molar-refractivity contribution is -0.137. The summed E-state index contributed by atoms with van der Waals surface area (Å²) in [4.78, 5) is 19.7. The van der Waals surface area contributed by atoms with Crippen LogP contribution in [0.5, 0.6) is 0 Å². The maximum atomic E-state index is 13.1. The Bertz CT molecular complexity index is 1200. The number of hydrogen-bond acceptors (Lipinski definition) is 2. The monoisotopic (exact) mass is 409 g/mol. The van der Waals surface area contributed by atoms with Crippen LogP contribution in [0.1, 0.15) is 17.5 Å². The van der Waals surface area contributed by atoms with E-state index in [4.69, 9.17) is 0 Å². The minimum absolute atomic E-state index is 0.0741. The molecule has 0 bridgehead atoms. The number of nitrogens with one attached hydrogen (secondary N) is 2. The molecule has 0 aliphatic carbocycles. The van der Waals surface area contributed by atoms with Crippen LogP contribution in [0.15, 0.2) is 73.1 Å². The van der Waals surface area contributed by atoms with Crippen LogP contribution in [0.2, 0.25) is 0 Å². The first-order chi connectivity index (χ1) is 14.4. The molecule has 0 atom stereocenters. The van der Waals surface area contributed by atoms with E-state index in [1.54, 1.807) is 6.20 Å². The SMILES string of the molecule is O=C(CCc1cccc(-c2cnc3[nH]ccc3c2)c1)Nc1ccccc1C(F)(F)F. The number of halogens is 3. The van der Waals surface area contributed by atoms with E-state index < -0.39 is 17.6 Å². The number of anilines is 1. The number of fused-ring (bicyclic) bond motifs is 1. The standard InChI is InChI=1S/C23H18F3N3O/c24-23(25,26)19-6-1-2-7-20(19)29-21(30)9-8-15-4-3-5-16(12-15)18-13-17-10-11-27-22(17)28-14-18/h1-7,10-14H,8-9H2,(H,27,28)(H,29,30). The quantitative estimate of drug-likeness (QED) is 0.436. The van der Waals surface area contributed by atoms with Crippen molar-refractivity contribution < 1.29 is 18.0 Å². The van der Waals surface area contributed by atoms with Crippen molar-refractivity contribution >= 4 is 22.6 Å². The number of alkyl halides is 3. The normalized spacial score (nSPS) is 11.6. The predicted molar refractivity (Wildman–Crippen MR) is 110 cm³/mol. The van der Waals surface area contributed by atoms with Gasteiger partial charge in [-0.1, -0.05) is 36.4 Å². The average molecular weight is 409 g/mol. The van der Waals surface area contributed by atoms with Gasteiger partial charge in [-0.15, -0.1) is 0 Å². The lowest BCUT2D eigenvalue weighted by atomic mass is 10.0. The fourth-order valence-corrected chi connectivity index (χ4v) is 3.31. The predicted octanol–water partition coefficient (Wildman–Crippen LogP) is 5.82. The molecule has 30 heavy (non-hydrogen) atoms. The molecule has 0 aliphatic heterocycles. The largest absolute Gasteiger partial charge is 0.418 e. The number of carbonyl (C=O) groups is 1. The van der Waals surface area contributed by atoms with Gasteiger partial charge in [-0.05, 0) is 41.8 Å². The third kappa shape index (κ3) is 4.35. The van der Waals surface area contributed by atoms with E-state index in [2.05, 4.69) is 15.3 Å². The number of rotatable bonds is 5. The zero-order chi connectivity index (χ0) is 21.1.